The lowest BCUT2D eigenvalue weighted by Gasteiger charge is -2.14. The molecule has 0 unspecified atom stereocenters. The van der Waals surface area contributed by atoms with Crippen molar-refractivity contribution in [3.05, 3.63) is 296 Å². The molecule has 2 N–H and O–H groups in total. The topological polar surface area (TPSA) is 144 Å². The van der Waals surface area contributed by atoms with Gasteiger partial charge in [-0.25, -0.2) is 29.9 Å². The second kappa shape index (κ2) is 25.9. The summed E-state index contributed by atoms with van der Waals surface area (Å²) in [6, 6.07) is 92.8. The summed E-state index contributed by atoms with van der Waals surface area (Å²) in [5.74, 6) is 3.66. The number of benzene rings is 10. The van der Waals surface area contributed by atoms with Gasteiger partial charge in [0.25, 0.3) is 0 Å². The number of pyridine rings is 2. The molecule has 0 radical (unpaired) electrons. The lowest BCUT2D eigenvalue weighted by atomic mass is 9.81. The molecule has 14 heteroatoms. The molecule has 0 bridgehead atoms. The van der Waals surface area contributed by atoms with Gasteiger partial charge in [0.2, 0.25) is 0 Å². The van der Waals surface area contributed by atoms with E-state index < -0.39 is 7.12 Å². The van der Waals surface area contributed by atoms with Crippen molar-refractivity contribution >= 4 is 87.5 Å². The van der Waals surface area contributed by atoms with Crippen LogP contribution in [-0.2, 0) is 0 Å². The Morgan fingerprint density at radius 1 is 0.289 bits per heavy atom. The van der Waals surface area contributed by atoms with E-state index in [0.29, 0.717) is 45.4 Å². The molecule has 0 fully saturated rings. The zero-order valence-corrected chi connectivity index (χ0v) is 50.3. The van der Waals surface area contributed by atoms with Crippen LogP contribution in [0.15, 0.2) is 291 Å². The van der Waals surface area contributed by atoms with Crippen molar-refractivity contribution in [1.29, 1.82) is 0 Å². The van der Waals surface area contributed by atoms with E-state index in [1.54, 1.807) is 46.9 Å². The Bertz CT molecular complexity index is 5070. The first-order valence-electron chi connectivity index (χ1n) is 29.0. The minimum absolute atomic E-state index is 0.525. The van der Waals surface area contributed by atoms with Crippen molar-refractivity contribution in [1.82, 2.24) is 39.9 Å². The number of aromatic nitrogens is 8. The van der Waals surface area contributed by atoms with Crippen LogP contribution in [-0.4, -0.2) is 57.0 Å². The van der Waals surface area contributed by atoms with Crippen molar-refractivity contribution in [2.24, 2.45) is 0 Å². The number of fused-ring (bicyclic) bond motifs is 6. The molecule has 90 heavy (non-hydrogen) atoms. The second-order valence-electron chi connectivity index (χ2n) is 21.0. The summed E-state index contributed by atoms with van der Waals surface area (Å²) in [4.78, 5) is 39.1. The summed E-state index contributed by atoms with van der Waals surface area (Å²) < 4.78 is 4.77. The van der Waals surface area contributed by atoms with Gasteiger partial charge in [0.15, 0.2) is 34.9 Å². The first-order valence-corrected chi connectivity index (χ1v) is 31.1. The van der Waals surface area contributed by atoms with Gasteiger partial charge < -0.3 is 10.0 Å². The van der Waals surface area contributed by atoms with E-state index in [1.807, 2.05) is 158 Å². The number of hydrogen-bond donors (Lipinski definition) is 2. The molecule has 0 atom stereocenters. The maximum absolute atomic E-state index is 8.58. The minimum Gasteiger partial charge on any atom is -0.423 e. The van der Waals surface area contributed by atoms with Crippen LogP contribution in [0.2, 0.25) is 5.02 Å². The Labute approximate surface area is 532 Å². The quantitative estimate of drug-likeness (QED) is 0.127. The zero-order valence-electron chi connectivity index (χ0n) is 48.0. The summed E-state index contributed by atoms with van der Waals surface area (Å²) >= 11 is 10.3. The molecular formula is C76H50BClN8O2S2. The standard InChI is InChI=1S/C38H24N4S.C32H19ClN4S.C6H7BO2/c1-4-12-25(13-5-1)29-21-20-28(30-22-23-39-34-31-18-10-11-19-33(31)43-35(30)34)24-32(29)38-41-36(26-14-6-2-7-15-26)40-37(42-38)27-16-8-3-9-17-27;33-26-16-15-22(23-17-18-34-28-24-13-7-8-14-27(24)38-29(23)28)19-25(26)32-36-30(20-9-3-1-4-10-20)35-31(37-32)21-11-5-2-6-12-21;8-7(9)6-4-2-1-3-5-6/h1-24H;1-19H;1-5,8-9H. The highest BCUT2D eigenvalue weighted by Crippen LogP contribution is 2.43. The fraction of sp³-hybridized carbons (Fsp3) is 0. The van der Waals surface area contributed by atoms with E-state index in [0.717, 1.165) is 82.5 Å². The molecule has 0 aliphatic carbocycles. The van der Waals surface area contributed by atoms with Crippen LogP contribution in [0.25, 0.3) is 142 Å². The van der Waals surface area contributed by atoms with Crippen molar-refractivity contribution in [2.75, 3.05) is 0 Å². The zero-order chi connectivity index (χ0) is 60.8. The van der Waals surface area contributed by atoms with Crippen LogP contribution in [0.3, 0.4) is 0 Å². The predicted molar refractivity (Wildman–Crippen MR) is 371 cm³/mol. The maximum Gasteiger partial charge on any atom is 0.488 e. The molecule has 428 valence electrons. The van der Waals surface area contributed by atoms with Crippen molar-refractivity contribution in [2.45, 2.75) is 0 Å². The number of nitrogens with zero attached hydrogens (tertiary/aromatic N) is 8. The van der Waals surface area contributed by atoms with E-state index in [2.05, 4.69) is 109 Å². The highest BCUT2D eigenvalue weighted by atomic mass is 35.5. The van der Waals surface area contributed by atoms with Gasteiger partial charge in [-0.2, -0.15) is 0 Å². The van der Waals surface area contributed by atoms with E-state index in [4.69, 9.17) is 61.5 Å². The molecule has 16 aromatic rings. The highest BCUT2D eigenvalue weighted by Gasteiger charge is 2.21. The smallest absolute Gasteiger partial charge is 0.423 e. The van der Waals surface area contributed by atoms with Crippen molar-refractivity contribution < 1.29 is 10.0 Å². The molecule has 0 aliphatic heterocycles. The second-order valence-corrected chi connectivity index (χ2v) is 23.5. The van der Waals surface area contributed by atoms with Gasteiger partial charge in [0.1, 0.15) is 0 Å². The molecule has 0 saturated heterocycles. The average molecular weight is 1220 g/mol. The monoisotopic (exact) mass is 1220 g/mol. The molecule has 0 saturated carbocycles. The molecule has 6 aromatic heterocycles. The number of rotatable bonds is 10. The number of thiophene rings is 2. The Kier molecular flexibility index (Phi) is 16.4. The summed E-state index contributed by atoms with van der Waals surface area (Å²) in [6.07, 6.45) is 3.78. The average Bonchev–Trinajstić information content (AvgIpc) is 1.63. The fourth-order valence-electron chi connectivity index (χ4n) is 10.8. The lowest BCUT2D eigenvalue weighted by Crippen LogP contribution is -2.29. The van der Waals surface area contributed by atoms with Gasteiger partial charge in [-0.15, -0.1) is 22.7 Å². The third kappa shape index (κ3) is 12.0. The number of hydrogen-bond acceptors (Lipinski definition) is 12. The van der Waals surface area contributed by atoms with Crippen LogP contribution < -0.4 is 5.46 Å². The van der Waals surface area contributed by atoms with E-state index >= 15 is 0 Å². The van der Waals surface area contributed by atoms with Gasteiger partial charge in [0.05, 0.1) is 25.5 Å². The summed E-state index contributed by atoms with van der Waals surface area (Å²) in [6.45, 7) is 0. The third-order valence-corrected chi connectivity index (χ3v) is 17.9. The van der Waals surface area contributed by atoms with Gasteiger partial charge >= 0.3 is 7.12 Å². The first-order chi connectivity index (χ1) is 44.4. The lowest BCUT2D eigenvalue weighted by molar-refractivity contribution is 0.426. The first kappa shape index (κ1) is 57.0. The van der Waals surface area contributed by atoms with Gasteiger partial charge in [0, 0.05) is 77.1 Å². The Morgan fingerprint density at radius 3 is 1.04 bits per heavy atom. The summed E-state index contributed by atoms with van der Waals surface area (Å²) in [5.41, 5.74) is 14.6. The molecular weight excluding hydrogens is 1170 g/mol. The van der Waals surface area contributed by atoms with Gasteiger partial charge in [-0.3, -0.25) is 9.97 Å². The maximum atomic E-state index is 8.58. The van der Waals surface area contributed by atoms with E-state index in [-0.39, 0.29) is 0 Å². The molecule has 0 amide bonds. The molecule has 0 spiro atoms. The van der Waals surface area contributed by atoms with Crippen LogP contribution in [0.4, 0.5) is 0 Å². The van der Waals surface area contributed by atoms with E-state index in [1.165, 1.54) is 24.9 Å². The highest BCUT2D eigenvalue weighted by molar-refractivity contribution is 7.26. The van der Waals surface area contributed by atoms with Crippen LogP contribution in [0.5, 0.6) is 0 Å². The van der Waals surface area contributed by atoms with Crippen molar-refractivity contribution in [3.8, 4) is 102 Å². The molecule has 10 aromatic carbocycles. The third-order valence-electron chi connectivity index (χ3n) is 15.2. The molecule has 0 aliphatic rings. The van der Waals surface area contributed by atoms with Crippen LogP contribution in [0.1, 0.15) is 0 Å². The van der Waals surface area contributed by atoms with Crippen LogP contribution in [0, 0.1) is 0 Å². The predicted octanol–water partition coefficient (Wildman–Crippen LogP) is 18.3. The normalized spacial score (nSPS) is 11.1. The SMILES string of the molecule is Clc1ccc(-c2ccnc3c2sc2ccccc23)cc1-c1nc(-c2ccccc2)nc(-c2ccccc2)n1.OB(O)c1ccccc1.c1ccc(-c2nc(-c3ccccc3)nc(-c3cc(-c4ccnc5c4sc4ccccc45)ccc3-c3ccccc3)n2)cc1. The largest absolute Gasteiger partial charge is 0.488 e. The molecule has 10 nitrogen and oxygen atoms in total. The summed E-state index contributed by atoms with van der Waals surface area (Å²) in [7, 11) is -1.34. The van der Waals surface area contributed by atoms with Gasteiger partial charge in [-0.05, 0) is 70.2 Å². The molecule has 6 heterocycles. The van der Waals surface area contributed by atoms with Gasteiger partial charge in [-0.1, -0.05) is 248 Å². The minimum atomic E-state index is -1.34. The van der Waals surface area contributed by atoms with Crippen LogP contribution >= 0.6 is 34.3 Å². The van der Waals surface area contributed by atoms with E-state index in [9.17, 15) is 0 Å². The number of halogens is 1. The Hall–Kier alpha value is -10.8. The summed E-state index contributed by atoms with van der Waals surface area (Å²) in [5, 5.41) is 20.1. The fourth-order valence-corrected chi connectivity index (χ4v) is 13.4. The van der Waals surface area contributed by atoms with Crippen molar-refractivity contribution in [3.63, 3.8) is 0 Å². The Balaban J connectivity index is 0.000000139. The Morgan fingerprint density at radius 2 is 0.633 bits per heavy atom. The molecule has 16 rings (SSSR count).